The van der Waals surface area contributed by atoms with E-state index in [-0.39, 0.29) is 25.1 Å². The van der Waals surface area contributed by atoms with E-state index in [1.165, 1.54) is 7.11 Å². The lowest BCUT2D eigenvalue weighted by atomic mass is 10.00. The third-order valence-electron chi connectivity index (χ3n) is 7.58. The number of amides is 3. The largest absolute Gasteiger partial charge is 0.497 e. The lowest BCUT2D eigenvalue weighted by Crippen LogP contribution is -2.63. The van der Waals surface area contributed by atoms with Gasteiger partial charge in [-0.1, -0.05) is 24.3 Å². The summed E-state index contributed by atoms with van der Waals surface area (Å²) in [5, 5.41) is 2.72. The predicted molar refractivity (Wildman–Crippen MR) is 163 cm³/mol. The number of methoxy groups -OCH3 is 2. The maximum atomic E-state index is 14.1. The van der Waals surface area contributed by atoms with E-state index in [2.05, 4.69) is 19.8 Å². The molecule has 3 amide bonds. The van der Waals surface area contributed by atoms with E-state index in [4.69, 9.17) is 4.74 Å². The highest BCUT2D eigenvalue weighted by atomic mass is 19.4. The fourth-order valence-electron chi connectivity index (χ4n) is 5.04. The average Bonchev–Trinajstić information content (AvgIpc) is 3.09. The summed E-state index contributed by atoms with van der Waals surface area (Å²) in [6, 6.07) is 14.0. The van der Waals surface area contributed by atoms with Gasteiger partial charge in [0, 0.05) is 37.5 Å². The van der Waals surface area contributed by atoms with E-state index in [1.807, 2.05) is 0 Å². The van der Waals surface area contributed by atoms with Gasteiger partial charge < -0.3 is 29.3 Å². The van der Waals surface area contributed by atoms with Crippen molar-refractivity contribution in [2.75, 3.05) is 33.9 Å². The Morgan fingerprint density at radius 3 is 2.12 bits per heavy atom. The monoisotopic (exact) mass is 684 g/mol. The molecule has 0 spiro atoms. The summed E-state index contributed by atoms with van der Waals surface area (Å²) < 4.78 is 51.4. The van der Waals surface area contributed by atoms with Gasteiger partial charge in [0.2, 0.25) is 11.8 Å². The number of alkyl halides is 3. The molecule has 16 heteroatoms. The van der Waals surface area contributed by atoms with Crippen molar-refractivity contribution in [2.24, 2.45) is 0 Å². The molecule has 1 aliphatic rings. The fraction of sp³-hybridized carbons (Fsp3) is 0.303. The van der Waals surface area contributed by atoms with Gasteiger partial charge >= 0.3 is 24.1 Å². The van der Waals surface area contributed by atoms with Crippen molar-refractivity contribution >= 4 is 35.6 Å². The Bertz CT molecular complexity index is 1680. The predicted octanol–water partition coefficient (Wildman–Crippen LogP) is 2.33. The Morgan fingerprint density at radius 2 is 1.53 bits per heavy atom. The summed E-state index contributed by atoms with van der Waals surface area (Å²) in [6.07, 6.45) is -2.90. The molecule has 1 unspecified atom stereocenters. The van der Waals surface area contributed by atoms with Crippen LogP contribution < -0.4 is 10.1 Å². The molecular weight excluding hydrogens is 653 g/mol. The normalized spacial score (nSPS) is 15.2. The number of rotatable bonds is 11. The topological polar surface area (TPSA) is 162 Å². The third-order valence-corrected chi connectivity index (χ3v) is 7.58. The highest BCUT2D eigenvalue weighted by Gasteiger charge is 2.45. The van der Waals surface area contributed by atoms with E-state index in [9.17, 15) is 41.9 Å². The number of halogens is 3. The quantitative estimate of drug-likeness (QED) is 0.235. The molecule has 0 bridgehead atoms. The average molecular weight is 685 g/mol. The third kappa shape index (κ3) is 9.39. The van der Waals surface area contributed by atoms with E-state index < -0.39 is 66.9 Å². The van der Waals surface area contributed by atoms with Crippen LogP contribution in [0.15, 0.2) is 73.1 Å². The molecule has 0 aliphatic carbocycles. The summed E-state index contributed by atoms with van der Waals surface area (Å²) in [6.45, 7) is -1.71. The van der Waals surface area contributed by atoms with Crippen LogP contribution in [-0.2, 0) is 39.9 Å². The number of ether oxygens (including phenoxy) is 3. The molecule has 49 heavy (non-hydrogen) atoms. The first-order valence-corrected chi connectivity index (χ1v) is 14.7. The Balaban J connectivity index is 1.58. The first-order chi connectivity index (χ1) is 23.3. The van der Waals surface area contributed by atoms with Crippen molar-refractivity contribution in [3.05, 3.63) is 84.2 Å². The molecule has 1 N–H and O–H groups in total. The molecule has 1 saturated heterocycles. The fourth-order valence-corrected chi connectivity index (χ4v) is 5.04. The zero-order valence-electron chi connectivity index (χ0n) is 26.3. The summed E-state index contributed by atoms with van der Waals surface area (Å²) in [5.74, 6) is -7.13. The lowest BCUT2D eigenvalue weighted by Gasteiger charge is -2.41. The number of nitrogens with one attached hydrogen (secondary N) is 1. The number of esters is 3. The number of carbonyl (C=O) groups is 6. The standard InChI is InChI=1S/C33H31F3N4O9/c1-47-24-9-3-20(4-10-24)17-25(38-29(43)23-7-5-21(6-8-23)22-11-13-37-14-12-22)30(44)40-16-15-39(31(45)26(40)18-27(41)48-2)19-28(42)49-32(46)33(34,35)36/h3-14,25-26H,15-19H2,1-2H3,(H,38,43)/t25?,26-/m0/s1. The number of piperazine rings is 1. The van der Waals surface area contributed by atoms with Gasteiger partial charge in [0.15, 0.2) is 0 Å². The number of hydrogen-bond donors (Lipinski definition) is 1. The zero-order valence-corrected chi connectivity index (χ0v) is 26.3. The molecule has 1 aliphatic heterocycles. The van der Waals surface area contributed by atoms with Crippen molar-refractivity contribution in [1.82, 2.24) is 20.1 Å². The van der Waals surface area contributed by atoms with Gasteiger partial charge in [0.05, 0.1) is 20.6 Å². The van der Waals surface area contributed by atoms with Gasteiger partial charge in [-0.15, -0.1) is 0 Å². The van der Waals surface area contributed by atoms with E-state index in [0.717, 1.165) is 28.0 Å². The number of hydrogen-bond acceptors (Lipinski definition) is 10. The van der Waals surface area contributed by atoms with E-state index in [1.54, 1.807) is 73.1 Å². The molecule has 1 aromatic heterocycles. The minimum absolute atomic E-state index is 0.0467. The van der Waals surface area contributed by atoms with Crippen LogP contribution in [-0.4, -0.2) is 103 Å². The van der Waals surface area contributed by atoms with Crippen LogP contribution in [0.4, 0.5) is 13.2 Å². The number of nitrogens with zero attached hydrogens (tertiary/aromatic N) is 3. The Hall–Kier alpha value is -5.80. The van der Waals surface area contributed by atoms with Crippen LogP contribution in [0.5, 0.6) is 5.75 Å². The Labute approximate surface area is 277 Å². The van der Waals surface area contributed by atoms with Crippen LogP contribution in [0.3, 0.4) is 0 Å². The number of carbonyl (C=O) groups excluding carboxylic acids is 6. The molecule has 1 fully saturated rings. The van der Waals surface area contributed by atoms with Gasteiger partial charge in [-0.25, -0.2) is 9.59 Å². The van der Waals surface area contributed by atoms with Crippen molar-refractivity contribution in [3.63, 3.8) is 0 Å². The number of benzene rings is 2. The van der Waals surface area contributed by atoms with Crippen molar-refractivity contribution < 1.29 is 56.1 Å². The maximum absolute atomic E-state index is 14.1. The molecule has 0 radical (unpaired) electrons. The highest BCUT2D eigenvalue weighted by Crippen LogP contribution is 2.22. The number of aromatic nitrogens is 1. The molecule has 3 aromatic rings. The Kier molecular flexibility index (Phi) is 11.7. The molecule has 0 saturated carbocycles. The van der Waals surface area contributed by atoms with Gasteiger partial charge in [-0.05, 0) is 53.1 Å². The van der Waals surface area contributed by atoms with Crippen LogP contribution in [0.25, 0.3) is 11.1 Å². The van der Waals surface area contributed by atoms with Gasteiger partial charge in [0.1, 0.15) is 24.4 Å². The Morgan fingerprint density at radius 1 is 0.898 bits per heavy atom. The summed E-state index contributed by atoms with van der Waals surface area (Å²) in [4.78, 5) is 82.3. The van der Waals surface area contributed by atoms with Gasteiger partial charge in [-0.2, -0.15) is 13.2 Å². The maximum Gasteiger partial charge on any atom is 0.491 e. The molecule has 258 valence electrons. The van der Waals surface area contributed by atoms with Crippen LogP contribution in [0.2, 0.25) is 0 Å². The van der Waals surface area contributed by atoms with Gasteiger partial charge in [0.25, 0.3) is 5.91 Å². The lowest BCUT2D eigenvalue weighted by molar-refractivity contribution is -0.202. The van der Waals surface area contributed by atoms with Crippen molar-refractivity contribution in [1.29, 1.82) is 0 Å². The second-order valence-corrected chi connectivity index (χ2v) is 10.7. The van der Waals surface area contributed by atoms with Crippen molar-refractivity contribution in [2.45, 2.75) is 31.1 Å². The first-order valence-electron chi connectivity index (χ1n) is 14.7. The number of pyridine rings is 1. The molecule has 13 nitrogen and oxygen atoms in total. The van der Waals surface area contributed by atoms with E-state index in [0.29, 0.717) is 11.3 Å². The molecule has 2 atom stereocenters. The summed E-state index contributed by atoms with van der Waals surface area (Å²) in [7, 11) is 2.53. The first kappa shape index (κ1) is 36.0. The van der Waals surface area contributed by atoms with E-state index >= 15 is 0 Å². The minimum Gasteiger partial charge on any atom is -0.497 e. The van der Waals surface area contributed by atoms with Gasteiger partial charge in [-0.3, -0.25) is 24.2 Å². The van der Waals surface area contributed by atoms with Crippen LogP contribution in [0.1, 0.15) is 22.3 Å². The minimum atomic E-state index is -5.44. The highest BCUT2D eigenvalue weighted by molar-refractivity contribution is 6.00. The SMILES string of the molecule is COC(=O)C[C@H]1C(=O)N(CC(=O)OC(=O)C(F)(F)F)CCN1C(=O)C(Cc1ccc(OC)cc1)NC(=O)c1ccc(-c2ccncc2)cc1. The molecule has 2 aromatic carbocycles. The second kappa shape index (κ2) is 15.9. The summed E-state index contributed by atoms with van der Waals surface area (Å²) in [5.41, 5.74) is 2.52. The smallest absolute Gasteiger partial charge is 0.491 e. The molecule has 2 heterocycles. The van der Waals surface area contributed by atoms with Crippen LogP contribution >= 0.6 is 0 Å². The summed E-state index contributed by atoms with van der Waals surface area (Å²) >= 11 is 0. The van der Waals surface area contributed by atoms with Crippen molar-refractivity contribution in [3.8, 4) is 16.9 Å². The zero-order chi connectivity index (χ0) is 35.7. The molecular formula is C33H31F3N4O9. The molecule has 4 rings (SSSR count). The van der Waals surface area contributed by atoms with Crippen LogP contribution in [0, 0.1) is 0 Å². The second-order valence-electron chi connectivity index (χ2n) is 10.7.